The van der Waals surface area contributed by atoms with Gasteiger partial charge in [-0.25, -0.2) is 0 Å². The molecule has 0 aromatic heterocycles. The second kappa shape index (κ2) is 7.80. The first kappa shape index (κ1) is 17.2. The van der Waals surface area contributed by atoms with E-state index in [1.54, 1.807) is 0 Å². The van der Waals surface area contributed by atoms with Crippen LogP contribution in [0.1, 0.15) is 23.2 Å². The maximum absolute atomic E-state index is 12.2. The number of hydrogen-bond donors (Lipinski definition) is 2. The summed E-state index contributed by atoms with van der Waals surface area (Å²) in [6, 6.07) is 4.10. The van der Waals surface area contributed by atoms with Crippen LogP contribution in [-0.4, -0.2) is 37.1 Å². The van der Waals surface area contributed by atoms with Gasteiger partial charge in [0.05, 0.1) is 17.6 Å². The lowest BCUT2D eigenvalue weighted by molar-refractivity contribution is -0.384. The summed E-state index contributed by atoms with van der Waals surface area (Å²) in [6.07, 6.45) is 1.70. The van der Waals surface area contributed by atoms with Crippen molar-refractivity contribution in [1.82, 2.24) is 10.6 Å². The van der Waals surface area contributed by atoms with Crippen molar-refractivity contribution < 1.29 is 14.5 Å². The standard InChI is InChI=1S/C13H17N3O4.ClH/c1-20-12-3-2-10(16(18)19)8-11(12)13(17)15-9-4-6-14-7-5-9;/h2-3,8-9,14H,4-7H2,1H3,(H,15,17);1H. The summed E-state index contributed by atoms with van der Waals surface area (Å²) >= 11 is 0. The number of amides is 1. The van der Waals surface area contributed by atoms with E-state index in [-0.39, 0.29) is 35.6 Å². The van der Waals surface area contributed by atoms with Gasteiger partial charge >= 0.3 is 0 Å². The maximum atomic E-state index is 12.2. The Hall–Kier alpha value is -1.86. The van der Waals surface area contributed by atoms with Crippen molar-refractivity contribution in [3.63, 3.8) is 0 Å². The fraction of sp³-hybridized carbons (Fsp3) is 0.462. The van der Waals surface area contributed by atoms with E-state index in [2.05, 4.69) is 10.6 Å². The number of non-ortho nitro benzene ring substituents is 1. The van der Waals surface area contributed by atoms with E-state index >= 15 is 0 Å². The summed E-state index contributed by atoms with van der Waals surface area (Å²) in [5, 5.41) is 16.9. The molecule has 0 unspecified atom stereocenters. The van der Waals surface area contributed by atoms with Gasteiger partial charge in [0.25, 0.3) is 11.6 Å². The van der Waals surface area contributed by atoms with E-state index in [4.69, 9.17) is 4.74 Å². The lowest BCUT2D eigenvalue weighted by atomic mass is 10.1. The van der Waals surface area contributed by atoms with E-state index < -0.39 is 4.92 Å². The van der Waals surface area contributed by atoms with Gasteiger partial charge in [-0.1, -0.05) is 0 Å². The van der Waals surface area contributed by atoms with Crippen LogP contribution >= 0.6 is 12.4 Å². The number of nitrogens with zero attached hydrogens (tertiary/aromatic N) is 1. The Morgan fingerprint density at radius 2 is 2.10 bits per heavy atom. The monoisotopic (exact) mass is 315 g/mol. The number of piperidine rings is 1. The second-order valence-corrected chi connectivity index (χ2v) is 4.64. The SMILES string of the molecule is COc1ccc([N+](=O)[O-])cc1C(=O)NC1CCNCC1.Cl. The van der Waals surface area contributed by atoms with Crippen molar-refractivity contribution >= 4 is 24.0 Å². The average molecular weight is 316 g/mol. The summed E-state index contributed by atoms with van der Waals surface area (Å²) in [5.74, 6) is -0.000477. The number of halogens is 1. The van der Waals surface area contributed by atoms with E-state index in [1.807, 2.05) is 0 Å². The lowest BCUT2D eigenvalue weighted by Gasteiger charge is -2.23. The number of nitrogens with one attached hydrogen (secondary N) is 2. The van der Waals surface area contributed by atoms with Gasteiger partial charge < -0.3 is 15.4 Å². The number of methoxy groups -OCH3 is 1. The molecule has 1 heterocycles. The Bertz CT molecular complexity index is 518. The minimum absolute atomic E-state index is 0. The van der Waals surface area contributed by atoms with Crippen molar-refractivity contribution in [3.05, 3.63) is 33.9 Å². The molecule has 1 aromatic carbocycles. The Balaban J connectivity index is 0.00000220. The summed E-state index contributed by atoms with van der Waals surface area (Å²) in [4.78, 5) is 22.5. The quantitative estimate of drug-likeness (QED) is 0.649. The van der Waals surface area contributed by atoms with Crippen molar-refractivity contribution in [1.29, 1.82) is 0 Å². The van der Waals surface area contributed by atoms with Gasteiger partial charge in [0.15, 0.2) is 0 Å². The third kappa shape index (κ3) is 4.30. The predicted octanol–water partition coefficient (Wildman–Crippen LogP) is 1.51. The number of nitro groups is 1. The topological polar surface area (TPSA) is 93.5 Å². The zero-order chi connectivity index (χ0) is 14.5. The molecule has 0 bridgehead atoms. The van der Waals surface area contributed by atoms with Gasteiger partial charge in [-0.05, 0) is 32.0 Å². The maximum Gasteiger partial charge on any atom is 0.270 e. The molecule has 1 fully saturated rings. The molecule has 2 rings (SSSR count). The van der Waals surface area contributed by atoms with Crippen molar-refractivity contribution in [2.75, 3.05) is 20.2 Å². The third-order valence-corrected chi connectivity index (χ3v) is 3.31. The van der Waals surface area contributed by atoms with E-state index in [1.165, 1.54) is 25.3 Å². The van der Waals surface area contributed by atoms with Crippen molar-refractivity contribution in [2.24, 2.45) is 0 Å². The second-order valence-electron chi connectivity index (χ2n) is 4.64. The average Bonchev–Trinajstić information content (AvgIpc) is 2.47. The van der Waals surface area contributed by atoms with Gasteiger partial charge in [0, 0.05) is 18.2 Å². The third-order valence-electron chi connectivity index (χ3n) is 3.31. The predicted molar refractivity (Wildman–Crippen MR) is 80.3 cm³/mol. The number of rotatable bonds is 4. The Morgan fingerprint density at radius 3 is 2.67 bits per heavy atom. The molecule has 0 spiro atoms. The van der Waals surface area contributed by atoms with Crippen molar-refractivity contribution in [3.8, 4) is 5.75 Å². The van der Waals surface area contributed by atoms with Crippen LogP contribution in [0.3, 0.4) is 0 Å². The Kier molecular flexibility index (Phi) is 6.39. The summed E-state index contributed by atoms with van der Waals surface area (Å²) in [7, 11) is 1.43. The van der Waals surface area contributed by atoms with Gasteiger partial charge in [-0.2, -0.15) is 0 Å². The van der Waals surface area contributed by atoms with Crippen LogP contribution in [0.2, 0.25) is 0 Å². The van der Waals surface area contributed by atoms with Crippen LogP contribution in [-0.2, 0) is 0 Å². The summed E-state index contributed by atoms with van der Waals surface area (Å²) in [5.41, 5.74) is 0.0708. The zero-order valence-corrected chi connectivity index (χ0v) is 12.4. The van der Waals surface area contributed by atoms with Gasteiger partial charge in [-0.15, -0.1) is 12.4 Å². The first-order valence-electron chi connectivity index (χ1n) is 6.46. The number of carbonyl (C=O) groups is 1. The molecular formula is C13H18ClN3O4. The van der Waals surface area contributed by atoms with Crippen LogP contribution in [0.4, 0.5) is 5.69 Å². The Labute approximate surface area is 128 Å². The molecule has 21 heavy (non-hydrogen) atoms. The summed E-state index contributed by atoms with van der Waals surface area (Å²) in [6.45, 7) is 1.72. The number of nitro benzene ring substituents is 1. The van der Waals surface area contributed by atoms with E-state index in [0.29, 0.717) is 5.75 Å². The number of hydrogen-bond acceptors (Lipinski definition) is 5. The lowest BCUT2D eigenvalue weighted by Crippen LogP contribution is -2.42. The number of carbonyl (C=O) groups excluding carboxylic acids is 1. The molecule has 116 valence electrons. The van der Waals surface area contributed by atoms with Crippen LogP contribution in [0, 0.1) is 10.1 Å². The van der Waals surface area contributed by atoms with Crippen LogP contribution in [0.15, 0.2) is 18.2 Å². The highest BCUT2D eigenvalue weighted by Crippen LogP contribution is 2.24. The molecule has 1 amide bonds. The molecule has 0 radical (unpaired) electrons. The minimum atomic E-state index is -0.527. The first-order valence-corrected chi connectivity index (χ1v) is 6.46. The fourth-order valence-electron chi connectivity index (χ4n) is 2.22. The highest BCUT2D eigenvalue weighted by atomic mass is 35.5. The van der Waals surface area contributed by atoms with E-state index in [9.17, 15) is 14.9 Å². The van der Waals surface area contributed by atoms with Crippen molar-refractivity contribution in [2.45, 2.75) is 18.9 Å². The molecule has 2 N–H and O–H groups in total. The fourth-order valence-corrected chi connectivity index (χ4v) is 2.22. The molecule has 0 aliphatic carbocycles. The smallest absolute Gasteiger partial charge is 0.270 e. The molecule has 1 aliphatic rings. The number of ether oxygens (including phenoxy) is 1. The molecule has 0 saturated carbocycles. The van der Waals surface area contributed by atoms with Gasteiger partial charge in [0.2, 0.25) is 0 Å². The summed E-state index contributed by atoms with van der Waals surface area (Å²) < 4.78 is 5.09. The molecular weight excluding hydrogens is 298 g/mol. The molecule has 7 nitrogen and oxygen atoms in total. The highest BCUT2D eigenvalue weighted by molar-refractivity contribution is 5.97. The minimum Gasteiger partial charge on any atom is -0.496 e. The number of benzene rings is 1. The molecule has 1 aliphatic heterocycles. The molecule has 1 saturated heterocycles. The largest absolute Gasteiger partial charge is 0.496 e. The normalized spacial score (nSPS) is 14.9. The molecule has 1 aromatic rings. The van der Waals surface area contributed by atoms with Crippen LogP contribution in [0.25, 0.3) is 0 Å². The molecule has 8 heteroatoms. The van der Waals surface area contributed by atoms with Crippen LogP contribution < -0.4 is 15.4 Å². The van der Waals surface area contributed by atoms with Gasteiger partial charge in [0.1, 0.15) is 5.75 Å². The Morgan fingerprint density at radius 1 is 1.43 bits per heavy atom. The van der Waals surface area contributed by atoms with Crippen LogP contribution in [0.5, 0.6) is 5.75 Å². The van der Waals surface area contributed by atoms with E-state index in [0.717, 1.165) is 25.9 Å². The zero-order valence-electron chi connectivity index (χ0n) is 11.6. The first-order chi connectivity index (χ1) is 9.61. The highest BCUT2D eigenvalue weighted by Gasteiger charge is 2.21. The van der Waals surface area contributed by atoms with Gasteiger partial charge in [-0.3, -0.25) is 14.9 Å². The molecule has 0 atom stereocenters.